The van der Waals surface area contributed by atoms with Crippen molar-refractivity contribution in [2.45, 2.75) is 20.1 Å². The number of ether oxygens (including phenoxy) is 2. The number of benzene rings is 3. The van der Waals surface area contributed by atoms with Crippen LogP contribution in [0.3, 0.4) is 0 Å². The largest absolute Gasteiger partial charge is 0.494 e. The minimum absolute atomic E-state index is 0.261. The lowest BCUT2D eigenvalue weighted by atomic mass is 10.1. The lowest BCUT2D eigenvalue weighted by Crippen LogP contribution is -2.12. The predicted octanol–water partition coefficient (Wildman–Crippen LogP) is 5.30. The van der Waals surface area contributed by atoms with Gasteiger partial charge in [0.15, 0.2) is 0 Å². The highest BCUT2D eigenvalue weighted by molar-refractivity contribution is 6.04. The van der Waals surface area contributed by atoms with E-state index in [4.69, 9.17) is 9.47 Å². The van der Waals surface area contributed by atoms with Crippen LogP contribution in [0, 0.1) is 5.82 Å². The number of rotatable bonds is 9. The zero-order valence-corrected chi connectivity index (χ0v) is 18.2. The first kappa shape index (κ1) is 22.1. The molecule has 4 aromatic rings. The minimum Gasteiger partial charge on any atom is -0.494 e. The number of hydrogen-bond donors (Lipinski definition) is 1. The van der Waals surface area contributed by atoms with Gasteiger partial charge in [0.2, 0.25) is 0 Å². The molecule has 0 fully saturated rings. The van der Waals surface area contributed by atoms with E-state index in [2.05, 4.69) is 10.4 Å². The second-order valence-corrected chi connectivity index (χ2v) is 7.37. The van der Waals surface area contributed by atoms with E-state index in [1.165, 1.54) is 12.3 Å². The Morgan fingerprint density at radius 2 is 1.76 bits per heavy atom. The van der Waals surface area contributed by atoms with Crippen LogP contribution in [0.5, 0.6) is 11.5 Å². The average Bonchev–Trinajstić information content (AvgIpc) is 3.27. The van der Waals surface area contributed by atoms with E-state index < -0.39 is 0 Å². The van der Waals surface area contributed by atoms with Crippen molar-refractivity contribution in [1.29, 1.82) is 0 Å². The molecule has 0 aliphatic carbocycles. The van der Waals surface area contributed by atoms with E-state index in [1.54, 1.807) is 41.2 Å². The molecule has 1 heterocycles. The van der Waals surface area contributed by atoms with E-state index >= 15 is 0 Å². The molecule has 0 saturated heterocycles. The fourth-order valence-electron chi connectivity index (χ4n) is 3.29. The van der Waals surface area contributed by atoms with Crippen LogP contribution < -0.4 is 14.8 Å². The Bertz CT molecular complexity index is 1220. The number of nitrogens with one attached hydrogen (secondary N) is 1. The number of aromatic nitrogens is 2. The third-order valence-electron chi connectivity index (χ3n) is 4.91. The summed E-state index contributed by atoms with van der Waals surface area (Å²) < 4.78 is 26.7. The van der Waals surface area contributed by atoms with E-state index in [1.807, 2.05) is 43.3 Å². The number of carbonyl (C=O) groups is 1. The Labute approximate surface area is 191 Å². The fourth-order valence-corrected chi connectivity index (χ4v) is 3.29. The van der Waals surface area contributed by atoms with Gasteiger partial charge in [-0.05, 0) is 55.0 Å². The molecule has 0 spiro atoms. The van der Waals surface area contributed by atoms with Crippen molar-refractivity contribution >= 4 is 11.6 Å². The molecule has 7 heteroatoms. The average molecular weight is 445 g/mol. The van der Waals surface area contributed by atoms with Crippen molar-refractivity contribution in [1.82, 2.24) is 9.78 Å². The quantitative estimate of drug-likeness (QED) is 0.380. The molecule has 1 amide bonds. The molecule has 4 rings (SSSR count). The molecule has 0 atom stereocenters. The summed E-state index contributed by atoms with van der Waals surface area (Å²) in [4.78, 5) is 12.7. The molecular formula is C26H24FN3O3. The third kappa shape index (κ3) is 5.98. The number of carbonyl (C=O) groups excluding carboxylic acids is 1. The van der Waals surface area contributed by atoms with Gasteiger partial charge in [0.25, 0.3) is 5.91 Å². The van der Waals surface area contributed by atoms with Gasteiger partial charge in [-0.25, -0.2) is 4.39 Å². The molecular weight excluding hydrogens is 421 g/mol. The molecule has 0 aliphatic heterocycles. The van der Waals surface area contributed by atoms with Crippen molar-refractivity contribution < 1.29 is 18.7 Å². The predicted molar refractivity (Wildman–Crippen MR) is 124 cm³/mol. The van der Waals surface area contributed by atoms with Gasteiger partial charge < -0.3 is 14.8 Å². The number of halogens is 1. The van der Waals surface area contributed by atoms with E-state index in [-0.39, 0.29) is 18.3 Å². The number of amides is 1. The normalized spacial score (nSPS) is 10.6. The molecule has 168 valence electrons. The molecule has 1 aromatic heterocycles. The van der Waals surface area contributed by atoms with Gasteiger partial charge >= 0.3 is 0 Å². The van der Waals surface area contributed by atoms with Gasteiger partial charge in [-0.3, -0.25) is 9.48 Å². The smallest absolute Gasteiger partial charge is 0.255 e. The molecule has 6 nitrogen and oxygen atoms in total. The van der Waals surface area contributed by atoms with Crippen molar-refractivity contribution in [2.75, 3.05) is 11.9 Å². The molecule has 1 N–H and O–H groups in total. The van der Waals surface area contributed by atoms with Crippen LogP contribution in [-0.4, -0.2) is 22.3 Å². The van der Waals surface area contributed by atoms with Crippen LogP contribution in [0.15, 0.2) is 85.2 Å². The highest BCUT2D eigenvalue weighted by Gasteiger charge is 2.10. The van der Waals surface area contributed by atoms with Crippen LogP contribution in [-0.2, 0) is 13.2 Å². The topological polar surface area (TPSA) is 65.4 Å². The van der Waals surface area contributed by atoms with Gasteiger partial charge in [-0.1, -0.05) is 30.3 Å². The lowest BCUT2D eigenvalue weighted by Gasteiger charge is -2.09. The maximum Gasteiger partial charge on any atom is 0.255 e. The standard InChI is InChI=1S/C26H24FN3O3/c1-2-32-23-10-12-24(13-11-23)33-18-19-6-5-8-20(14-19)26(31)29-22-15-28-30(17-22)16-21-7-3-4-9-25(21)27/h3-15,17H,2,16,18H2,1H3,(H,29,31). The maximum absolute atomic E-state index is 13.8. The minimum atomic E-state index is -0.289. The summed E-state index contributed by atoms with van der Waals surface area (Å²) in [6.07, 6.45) is 3.21. The van der Waals surface area contributed by atoms with E-state index in [9.17, 15) is 9.18 Å². The van der Waals surface area contributed by atoms with Crippen molar-refractivity contribution in [3.63, 3.8) is 0 Å². The third-order valence-corrected chi connectivity index (χ3v) is 4.91. The highest BCUT2D eigenvalue weighted by Crippen LogP contribution is 2.19. The molecule has 0 radical (unpaired) electrons. The summed E-state index contributed by atoms with van der Waals surface area (Å²) in [7, 11) is 0. The van der Waals surface area contributed by atoms with Gasteiger partial charge in [0.05, 0.1) is 25.0 Å². The van der Waals surface area contributed by atoms with Crippen molar-refractivity contribution in [3.05, 3.63) is 108 Å². The summed E-state index contributed by atoms with van der Waals surface area (Å²) in [5, 5.41) is 7.03. The van der Waals surface area contributed by atoms with E-state index in [0.29, 0.717) is 30.0 Å². The number of hydrogen-bond acceptors (Lipinski definition) is 4. The fraction of sp³-hybridized carbons (Fsp3) is 0.154. The zero-order valence-electron chi connectivity index (χ0n) is 18.2. The lowest BCUT2D eigenvalue weighted by molar-refractivity contribution is 0.102. The van der Waals surface area contributed by atoms with Crippen LogP contribution in [0.2, 0.25) is 0 Å². The van der Waals surface area contributed by atoms with Crippen LogP contribution >= 0.6 is 0 Å². The second kappa shape index (κ2) is 10.5. The van der Waals surface area contributed by atoms with Gasteiger partial charge in [-0.2, -0.15) is 5.10 Å². The zero-order chi connectivity index (χ0) is 23.0. The van der Waals surface area contributed by atoms with Crippen LogP contribution in [0.4, 0.5) is 10.1 Å². The highest BCUT2D eigenvalue weighted by atomic mass is 19.1. The SMILES string of the molecule is CCOc1ccc(OCc2cccc(C(=O)Nc3cnn(Cc4ccccc4F)c3)c2)cc1. The van der Waals surface area contributed by atoms with Gasteiger partial charge in [0.1, 0.15) is 23.9 Å². The summed E-state index contributed by atoms with van der Waals surface area (Å²) in [5.41, 5.74) is 2.43. The monoisotopic (exact) mass is 445 g/mol. The number of nitrogens with zero attached hydrogens (tertiary/aromatic N) is 2. The first-order valence-corrected chi connectivity index (χ1v) is 10.6. The Hall–Kier alpha value is -4.13. The Balaban J connectivity index is 1.35. The second-order valence-electron chi connectivity index (χ2n) is 7.37. The van der Waals surface area contributed by atoms with E-state index in [0.717, 1.165) is 17.1 Å². The van der Waals surface area contributed by atoms with Crippen molar-refractivity contribution in [3.8, 4) is 11.5 Å². The first-order chi connectivity index (χ1) is 16.1. The summed E-state index contributed by atoms with van der Waals surface area (Å²) in [6, 6.07) is 21.2. The molecule has 0 bridgehead atoms. The Morgan fingerprint density at radius 1 is 1.00 bits per heavy atom. The molecule has 0 unspecified atom stereocenters. The first-order valence-electron chi connectivity index (χ1n) is 10.6. The Morgan fingerprint density at radius 3 is 2.52 bits per heavy atom. The maximum atomic E-state index is 13.8. The van der Waals surface area contributed by atoms with Crippen LogP contribution in [0.25, 0.3) is 0 Å². The summed E-state index contributed by atoms with van der Waals surface area (Å²) in [5.74, 6) is 0.961. The van der Waals surface area contributed by atoms with Gasteiger partial charge in [-0.15, -0.1) is 0 Å². The van der Waals surface area contributed by atoms with Gasteiger partial charge in [0, 0.05) is 17.3 Å². The summed E-state index contributed by atoms with van der Waals surface area (Å²) >= 11 is 0. The summed E-state index contributed by atoms with van der Waals surface area (Å²) in [6.45, 7) is 3.16. The van der Waals surface area contributed by atoms with Crippen LogP contribution in [0.1, 0.15) is 28.4 Å². The number of anilines is 1. The molecule has 3 aromatic carbocycles. The molecule has 0 saturated carbocycles. The van der Waals surface area contributed by atoms with Crippen molar-refractivity contribution in [2.24, 2.45) is 0 Å². The Kier molecular flexibility index (Phi) is 6.99. The molecule has 33 heavy (non-hydrogen) atoms. The molecule has 0 aliphatic rings.